The van der Waals surface area contributed by atoms with Crippen LogP contribution in [0, 0.1) is 5.92 Å². The third kappa shape index (κ3) is 3.78. The van der Waals surface area contributed by atoms with Gasteiger partial charge in [0.15, 0.2) is 0 Å². The van der Waals surface area contributed by atoms with Gasteiger partial charge in [0.1, 0.15) is 5.78 Å². The molecular weight excluding hydrogens is 238 g/mol. The van der Waals surface area contributed by atoms with Gasteiger partial charge < -0.3 is 4.90 Å². The number of amides is 1. The van der Waals surface area contributed by atoms with E-state index in [4.69, 9.17) is 0 Å². The molecule has 1 aliphatic heterocycles. The van der Waals surface area contributed by atoms with Crippen LogP contribution in [0.15, 0.2) is 36.4 Å². The van der Waals surface area contributed by atoms with Gasteiger partial charge in [-0.15, -0.1) is 0 Å². The number of hydrogen-bond donors (Lipinski definition) is 0. The Morgan fingerprint density at radius 1 is 1.26 bits per heavy atom. The summed E-state index contributed by atoms with van der Waals surface area (Å²) >= 11 is 0. The number of carbonyl (C=O) groups excluding carboxylic acids is 2. The number of carbonyl (C=O) groups is 2. The Bertz CT molecular complexity index is 479. The molecule has 100 valence electrons. The van der Waals surface area contributed by atoms with Crippen LogP contribution in [-0.2, 0) is 9.59 Å². The van der Waals surface area contributed by atoms with E-state index in [0.29, 0.717) is 6.54 Å². The van der Waals surface area contributed by atoms with E-state index < -0.39 is 0 Å². The number of hydrogen-bond acceptors (Lipinski definition) is 2. The van der Waals surface area contributed by atoms with Crippen molar-refractivity contribution < 1.29 is 9.59 Å². The third-order valence-electron chi connectivity index (χ3n) is 3.53. The highest BCUT2D eigenvalue weighted by Crippen LogP contribution is 2.17. The van der Waals surface area contributed by atoms with E-state index in [1.165, 1.54) is 0 Å². The average Bonchev–Trinajstić information content (AvgIpc) is 2.46. The van der Waals surface area contributed by atoms with Crippen LogP contribution in [0.2, 0.25) is 0 Å². The third-order valence-corrected chi connectivity index (χ3v) is 3.53. The van der Waals surface area contributed by atoms with E-state index in [-0.39, 0.29) is 17.6 Å². The highest BCUT2D eigenvalue weighted by Gasteiger charge is 2.24. The predicted molar refractivity (Wildman–Crippen MR) is 75.5 cm³/mol. The minimum absolute atomic E-state index is 0.00481. The fourth-order valence-electron chi connectivity index (χ4n) is 2.35. The van der Waals surface area contributed by atoms with E-state index in [0.717, 1.165) is 24.9 Å². The molecule has 1 atom stereocenters. The summed E-state index contributed by atoms with van der Waals surface area (Å²) in [6.45, 7) is 2.92. The normalized spacial score (nSPS) is 19.6. The minimum atomic E-state index is -0.00481. The van der Waals surface area contributed by atoms with Gasteiger partial charge >= 0.3 is 0 Å². The number of likely N-dealkylation sites (tertiary alicyclic amines) is 1. The second kappa shape index (κ2) is 6.32. The summed E-state index contributed by atoms with van der Waals surface area (Å²) in [4.78, 5) is 25.2. The van der Waals surface area contributed by atoms with Crippen LogP contribution in [0.25, 0.3) is 6.08 Å². The van der Waals surface area contributed by atoms with Crippen LogP contribution in [0.4, 0.5) is 0 Å². The SMILES string of the molecule is CC(=O)C1CCCN(C(=O)/C=C/c2ccccc2)C1. The average molecular weight is 257 g/mol. The molecule has 19 heavy (non-hydrogen) atoms. The van der Waals surface area contributed by atoms with Crippen LogP contribution in [0.3, 0.4) is 0 Å². The topological polar surface area (TPSA) is 37.4 Å². The van der Waals surface area contributed by atoms with Crippen molar-refractivity contribution in [3.05, 3.63) is 42.0 Å². The molecule has 1 aliphatic rings. The van der Waals surface area contributed by atoms with Crippen molar-refractivity contribution in [2.45, 2.75) is 19.8 Å². The number of Topliss-reactive ketones (excluding diaryl/α,β-unsaturated/α-hetero) is 1. The highest BCUT2D eigenvalue weighted by molar-refractivity contribution is 5.92. The Hall–Kier alpha value is -1.90. The standard InChI is InChI=1S/C16H19NO2/c1-13(18)15-8-5-11-17(12-15)16(19)10-9-14-6-3-2-4-7-14/h2-4,6-7,9-10,15H,5,8,11-12H2,1H3/b10-9+. The summed E-state index contributed by atoms with van der Waals surface area (Å²) in [6, 6.07) is 9.74. The zero-order valence-corrected chi connectivity index (χ0v) is 11.2. The molecule has 0 spiro atoms. The molecule has 1 fully saturated rings. The quantitative estimate of drug-likeness (QED) is 0.780. The Morgan fingerprint density at radius 3 is 2.68 bits per heavy atom. The fourth-order valence-corrected chi connectivity index (χ4v) is 2.35. The Labute approximate surface area is 113 Å². The van der Waals surface area contributed by atoms with E-state index in [1.807, 2.05) is 36.4 Å². The van der Waals surface area contributed by atoms with Crippen LogP contribution < -0.4 is 0 Å². The van der Waals surface area contributed by atoms with E-state index in [9.17, 15) is 9.59 Å². The molecule has 3 nitrogen and oxygen atoms in total. The number of piperidine rings is 1. The van der Waals surface area contributed by atoms with Crippen molar-refractivity contribution in [3.8, 4) is 0 Å². The van der Waals surface area contributed by atoms with Gasteiger partial charge in [0.2, 0.25) is 5.91 Å². The van der Waals surface area contributed by atoms with E-state index in [2.05, 4.69) is 0 Å². The molecule has 1 heterocycles. The Kier molecular flexibility index (Phi) is 4.50. The summed E-state index contributed by atoms with van der Waals surface area (Å²) in [5.74, 6) is 0.196. The lowest BCUT2D eigenvalue weighted by molar-refractivity contribution is -0.130. The smallest absolute Gasteiger partial charge is 0.246 e. The van der Waals surface area contributed by atoms with E-state index >= 15 is 0 Å². The lowest BCUT2D eigenvalue weighted by Gasteiger charge is -2.30. The number of ketones is 1. The van der Waals surface area contributed by atoms with Gasteiger partial charge in [-0.25, -0.2) is 0 Å². The maximum atomic E-state index is 12.1. The Morgan fingerprint density at radius 2 is 2.00 bits per heavy atom. The van der Waals surface area contributed by atoms with Gasteiger partial charge in [-0.2, -0.15) is 0 Å². The zero-order chi connectivity index (χ0) is 13.7. The van der Waals surface area contributed by atoms with Gasteiger partial charge in [0.25, 0.3) is 0 Å². The molecular formula is C16H19NO2. The van der Waals surface area contributed by atoms with Gasteiger partial charge in [0, 0.05) is 25.1 Å². The molecule has 3 heteroatoms. The predicted octanol–water partition coefficient (Wildman–Crippen LogP) is 2.53. The number of rotatable bonds is 3. The van der Waals surface area contributed by atoms with Gasteiger partial charge in [0.05, 0.1) is 0 Å². The van der Waals surface area contributed by atoms with Gasteiger partial charge in [-0.1, -0.05) is 30.3 Å². The van der Waals surface area contributed by atoms with Crippen molar-refractivity contribution >= 4 is 17.8 Å². The van der Waals surface area contributed by atoms with Crippen molar-refractivity contribution in [2.24, 2.45) is 5.92 Å². The van der Waals surface area contributed by atoms with Crippen molar-refractivity contribution in [1.29, 1.82) is 0 Å². The molecule has 0 radical (unpaired) electrons. The summed E-state index contributed by atoms with van der Waals surface area (Å²) < 4.78 is 0. The molecule has 2 rings (SSSR count). The van der Waals surface area contributed by atoms with Gasteiger partial charge in [-0.05, 0) is 31.4 Å². The molecule has 0 saturated carbocycles. The summed E-state index contributed by atoms with van der Waals surface area (Å²) in [6.07, 6.45) is 5.23. The first kappa shape index (κ1) is 13.5. The fraction of sp³-hybridized carbons (Fsp3) is 0.375. The van der Waals surface area contributed by atoms with Crippen molar-refractivity contribution in [3.63, 3.8) is 0 Å². The number of benzene rings is 1. The van der Waals surface area contributed by atoms with Crippen LogP contribution in [0.1, 0.15) is 25.3 Å². The van der Waals surface area contributed by atoms with Gasteiger partial charge in [-0.3, -0.25) is 9.59 Å². The maximum absolute atomic E-state index is 12.1. The molecule has 1 aromatic carbocycles. The lowest BCUT2D eigenvalue weighted by atomic mass is 9.94. The molecule has 0 aliphatic carbocycles. The summed E-state index contributed by atoms with van der Waals surface area (Å²) in [5, 5.41) is 0. The first-order chi connectivity index (χ1) is 9.16. The van der Waals surface area contributed by atoms with Crippen LogP contribution >= 0.6 is 0 Å². The minimum Gasteiger partial charge on any atom is -0.338 e. The largest absolute Gasteiger partial charge is 0.338 e. The second-order valence-corrected chi connectivity index (χ2v) is 4.98. The van der Waals surface area contributed by atoms with Crippen molar-refractivity contribution in [1.82, 2.24) is 4.90 Å². The summed E-state index contributed by atoms with van der Waals surface area (Å²) in [7, 11) is 0. The molecule has 1 aromatic rings. The zero-order valence-electron chi connectivity index (χ0n) is 11.2. The van der Waals surface area contributed by atoms with E-state index in [1.54, 1.807) is 17.9 Å². The molecule has 0 aromatic heterocycles. The molecule has 1 unspecified atom stereocenters. The monoisotopic (exact) mass is 257 g/mol. The molecule has 1 amide bonds. The highest BCUT2D eigenvalue weighted by atomic mass is 16.2. The molecule has 1 saturated heterocycles. The molecule has 0 bridgehead atoms. The first-order valence-corrected chi connectivity index (χ1v) is 6.69. The lowest BCUT2D eigenvalue weighted by Crippen LogP contribution is -2.41. The summed E-state index contributed by atoms with van der Waals surface area (Å²) in [5.41, 5.74) is 1.01. The number of nitrogens with zero attached hydrogens (tertiary/aromatic N) is 1. The van der Waals surface area contributed by atoms with Crippen LogP contribution in [-0.4, -0.2) is 29.7 Å². The van der Waals surface area contributed by atoms with Crippen molar-refractivity contribution in [2.75, 3.05) is 13.1 Å². The second-order valence-electron chi connectivity index (χ2n) is 4.98. The maximum Gasteiger partial charge on any atom is 0.246 e. The molecule has 0 N–H and O–H groups in total. The Balaban J connectivity index is 1.96. The van der Waals surface area contributed by atoms with Crippen LogP contribution in [0.5, 0.6) is 0 Å². The first-order valence-electron chi connectivity index (χ1n) is 6.69.